The standard InChI is InChI=1S/C13H24O/c1-10(9-13(2,3)4)8-12(14)11-6-5-7-11/h10-11H,5-9H2,1-4H3. The van der Waals surface area contributed by atoms with E-state index in [-0.39, 0.29) is 0 Å². The van der Waals surface area contributed by atoms with E-state index in [1.54, 1.807) is 0 Å². The molecular formula is C13H24O. The van der Waals surface area contributed by atoms with Gasteiger partial charge >= 0.3 is 0 Å². The summed E-state index contributed by atoms with van der Waals surface area (Å²) in [4.78, 5) is 11.7. The number of ketones is 1. The lowest BCUT2D eigenvalue weighted by molar-refractivity contribution is -0.126. The molecule has 1 atom stereocenters. The molecule has 0 amide bonds. The molecule has 0 heterocycles. The lowest BCUT2D eigenvalue weighted by Gasteiger charge is -2.27. The van der Waals surface area contributed by atoms with Crippen LogP contribution in [0, 0.1) is 17.3 Å². The highest BCUT2D eigenvalue weighted by Crippen LogP contribution is 2.32. The summed E-state index contributed by atoms with van der Waals surface area (Å²) in [6.45, 7) is 8.95. The Morgan fingerprint density at radius 1 is 1.36 bits per heavy atom. The predicted octanol–water partition coefficient (Wildman–Crippen LogP) is 3.82. The van der Waals surface area contributed by atoms with E-state index in [4.69, 9.17) is 0 Å². The van der Waals surface area contributed by atoms with Crippen LogP contribution < -0.4 is 0 Å². The fraction of sp³-hybridized carbons (Fsp3) is 0.923. The van der Waals surface area contributed by atoms with E-state index < -0.39 is 0 Å². The molecule has 0 aromatic heterocycles. The SMILES string of the molecule is CC(CC(=O)C1CCC1)CC(C)(C)C. The quantitative estimate of drug-likeness (QED) is 0.668. The number of hydrogen-bond donors (Lipinski definition) is 0. The van der Waals surface area contributed by atoms with Gasteiger partial charge < -0.3 is 0 Å². The molecule has 82 valence electrons. The number of rotatable bonds is 4. The first-order chi connectivity index (χ1) is 6.38. The zero-order valence-corrected chi connectivity index (χ0v) is 10.1. The highest BCUT2D eigenvalue weighted by molar-refractivity contribution is 5.81. The molecule has 0 bridgehead atoms. The third-order valence-corrected chi connectivity index (χ3v) is 3.07. The lowest BCUT2D eigenvalue weighted by atomic mass is 9.77. The Hall–Kier alpha value is -0.330. The van der Waals surface area contributed by atoms with Crippen molar-refractivity contribution in [1.29, 1.82) is 0 Å². The van der Waals surface area contributed by atoms with Gasteiger partial charge in [0.25, 0.3) is 0 Å². The second kappa shape index (κ2) is 4.46. The summed E-state index contributed by atoms with van der Waals surface area (Å²) >= 11 is 0. The van der Waals surface area contributed by atoms with Gasteiger partial charge in [-0.3, -0.25) is 4.79 Å². The third-order valence-electron chi connectivity index (χ3n) is 3.07. The molecule has 1 aliphatic carbocycles. The van der Waals surface area contributed by atoms with Crippen LogP contribution in [0.5, 0.6) is 0 Å². The van der Waals surface area contributed by atoms with Crippen LogP contribution in [-0.4, -0.2) is 5.78 Å². The first-order valence-corrected chi connectivity index (χ1v) is 5.91. The van der Waals surface area contributed by atoms with Gasteiger partial charge in [0.1, 0.15) is 5.78 Å². The Morgan fingerprint density at radius 3 is 2.29 bits per heavy atom. The zero-order chi connectivity index (χ0) is 10.8. The first kappa shape index (κ1) is 11.7. The van der Waals surface area contributed by atoms with Crippen LogP contribution in [0.4, 0.5) is 0 Å². The van der Waals surface area contributed by atoms with Crippen molar-refractivity contribution in [2.24, 2.45) is 17.3 Å². The maximum atomic E-state index is 11.7. The van der Waals surface area contributed by atoms with Gasteiger partial charge in [-0.1, -0.05) is 34.1 Å². The second-order valence-corrected chi connectivity index (χ2v) is 6.17. The minimum atomic E-state index is 0.360. The molecule has 1 fully saturated rings. The fourth-order valence-electron chi connectivity index (χ4n) is 2.36. The summed E-state index contributed by atoms with van der Waals surface area (Å²) in [5.41, 5.74) is 0.360. The monoisotopic (exact) mass is 196 g/mol. The van der Waals surface area contributed by atoms with Gasteiger partial charge in [-0.15, -0.1) is 0 Å². The van der Waals surface area contributed by atoms with Crippen molar-refractivity contribution < 1.29 is 4.79 Å². The van der Waals surface area contributed by atoms with Crippen molar-refractivity contribution in [3.8, 4) is 0 Å². The zero-order valence-electron chi connectivity index (χ0n) is 10.1. The number of carbonyl (C=O) groups is 1. The normalized spacial score (nSPS) is 20.3. The van der Waals surface area contributed by atoms with Crippen molar-refractivity contribution >= 4 is 5.78 Å². The second-order valence-electron chi connectivity index (χ2n) is 6.17. The third kappa shape index (κ3) is 3.81. The van der Waals surface area contributed by atoms with E-state index in [0.29, 0.717) is 23.0 Å². The summed E-state index contributed by atoms with van der Waals surface area (Å²) in [7, 11) is 0. The highest BCUT2D eigenvalue weighted by atomic mass is 16.1. The van der Waals surface area contributed by atoms with E-state index in [9.17, 15) is 4.79 Å². The van der Waals surface area contributed by atoms with Crippen molar-refractivity contribution in [2.75, 3.05) is 0 Å². The molecule has 0 spiro atoms. The van der Waals surface area contributed by atoms with Gasteiger partial charge in [-0.25, -0.2) is 0 Å². The Kier molecular flexibility index (Phi) is 3.74. The van der Waals surface area contributed by atoms with E-state index in [1.165, 1.54) is 6.42 Å². The molecule has 1 aliphatic rings. The van der Waals surface area contributed by atoms with Crippen LogP contribution in [0.2, 0.25) is 0 Å². The van der Waals surface area contributed by atoms with Crippen molar-refractivity contribution in [1.82, 2.24) is 0 Å². The molecule has 0 aromatic rings. The summed E-state index contributed by atoms with van der Waals surface area (Å²) in [5.74, 6) is 1.51. The molecule has 0 aliphatic heterocycles. The van der Waals surface area contributed by atoms with Gasteiger partial charge in [0.2, 0.25) is 0 Å². The minimum absolute atomic E-state index is 0.360. The van der Waals surface area contributed by atoms with Crippen molar-refractivity contribution in [3.63, 3.8) is 0 Å². The molecule has 14 heavy (non-hydrogen) atoms. The van der Waals surface area contributed by atoms with E-state index in [2.05, 4.69) is 27.7 Å². The summed E-state index contributed by atoms with van der Waals surface area (Å²) in [5, 5.41) is 0. The van der Waals surface area contributed by atoms with Gasteiger partial charge in [0, 0.05) is 12.3 Å². The van der Waals surface area contributed by atoms with Crippen LogP contribution >= 0.6 is 0 Å². The molecule has 0 aromatic carbocycles. The number of carbonyl (C=O) groups excluding carboxylic acids is 1. The van der Waals surface area contributed by atoms with Crippen LogP contribution in [0.3, 0.4) is 0 Å². The smallest absolute Gasteiger partial charge is 0.136 e. The molecule has 1 unspecified atom stereocenters. The van der Waals surface area contributed by atoms with E-state index in [1.807, 2.05) is 0 Å². The Labute approximate surface area is 88.3 Å². The molecular weight excluding hydrogens is 172 g/mol. The molecule has 0 N–H and O–H groups in total. The molecule has 1 heteroatoms. The van der Waals surface area contributed by atoms with Crippen LogP contribution in [0.15, 0.2) is 0 Å². The van der Waals surface area contributed by atoms with Gasteiger partial charge in [0.15, 0.2) is 0 Å². The Balaban J connectivity index is 2.25. The largest absolute Gasteiger partial charge is 0.299 e. The number of hydrogen-bond acceptors (Lipinski definition) is 1. The van der Waals surface area contributed by atoms with E-state index >= 15 is 0 Å². The Bertz CT molecular complexity index is 196. The average molecular weight is 196 g/mol. The number of Topliss-reactive ketones (excluding diaryl/α,β-unsaturated/α-hetero) is 1. The van der Waals surface area contributed by atoms with E-state index in [0.717, 1.165) is 25.7 Å². The lowest BCUT2D eigenvalue weighted by Crippen LogP contribution is -2.24. The van der Waals surface area contributed by atoms with Crippen LogP contribution in [0.1, 0.15) is 59.8 Å². The molecule has 1 nitrogen and oxygen atoms in total. The van der Waals surface area contributed by atoms with Crippen molar-refractivity contribution in [3.05, 3.63) is 0 Å². The molecule has 1 saturated carbocycles. The average Bonchev–Trinajstić information content (AvgIpc) is 1.75. The molecule has 0 saturated heterocycles. The molecule has 0 radical (unpaired) electrons. The maximum Gasteiger partial charge on any atom is 0.136 e. The fourth-order valence-corrected chi connectivity index (χ4v) is 2.36. The summed E-state index contributed by atoms with van der Waals surface area (Å²) in [6.07, 6.45) is 5.54. The molecule has 1 rings (SSSR count). The summed E-state index contributed by atoms with van der Waals surface area (Å²) < 4.78 is 0. The van der Waals surface area contributed by atoms with Gasteiger partial charge in [-0.2, -0.15) is 0 Å². The maximum absolute atomic E-state index is 11.7. The summed E-state index contributed by atoms with van der Waals surface area (Å²) in [6, 6.07) is 0. The Morgan fingerprint density at radius 2 is 1.93 bits per heavy atom. The topological polar surface area (TPSA) is 17.1 Å². The van der Waals surface area contributed by atoms with Crippen LogP contribution in [-0.2, 0) is 4.79 Å². The first-order valence-electron chi connectivity index (χ1n) is 5.91. The van der Waals surface area contributed by atoms with Gasteiger partial charge in [0.05, 0.1) is 0 Å². The minimum Gasteiger partial charge on any atom is -0.299 e. The van der Waals surface area contributed by atoms with Crippen LogP contribution in [0.25, 0.3) is 0 Å². The van der Waals surface area contributed by atoms with Gasteiger partial charge in [-0.05, 0) is 30.6 Å². The predicted molar refractivity (Wildman–Crippen MR) is 60.2 cm³/mol. The van der Waals surface area contributed by atoms with Crippen molar-refractivity contribution in [2.45, 2.75) is 59.8 Å². The highest BCUT2D eigenvalue weighted by Gasteiger charge is 2.27.